The molecule has 0 atom stereocenters. The number of nitro groups is 1. The monoisotopic (exact) mass is 415 g/mol. The molecule has 0 heterocycles. The van der Waals surface area contributed by atoms with Crippen molar-refractivity contribution >= 4 is 29.5 Å². The van der Waals surface area contributed by atoms with Crippen LogP contribution in [-0.4, -0.2) is 43.3 Å². The molecule has 10 nitrogen and oxygen atoms in total. The van der Waals surface area contributed by atoms with E-state index >= 15 is 0 Å². The van der Waals surface area contributed by atoms with Gasteiger partial charge in [-0.25, -0.2) is 4.79 Å². The SMILES string of the molecule is COc1ccc(/C=N\OCC(=O)OCC(=O)Nc2c([N+](=O)[O-])ccc(C)c2C)cc1. The highest BCUT2D eigenvalue weighted by atomic mass is 16.7. The summed E-state index contributed by atoms with van der Waals surface area (Å²) in [6.45, 7) is 2.30. The van der Waals surface area contributed by atoms with E-state index in [-0.39, 0.29) is 11.4 Å². The van der Waals surface area contributed by atoms with Crippen LogP contribution in [0.5, 0.6) is 5.75 Å². The van der Waals surface area contributed by atoms with Crippen LogP contribution in [0.15, 0.2) is 41.6 Å². The molecular weight excluding hydrogens is 394 g/mol. The van der Waals surface area contributed by atoms with Gasteiger partial charge >= 0.3 is 5.97 Å². The number of anilines is 1. The summed E-state index contributed by atoms with van der Waals surface area (Å²) in [7, 11) is 1.56. The summed E-state index contributed by atoms with van der Waals surface area (Å²) >= 11 is 0. The van der Waals surface area contributed by atoms with Crippen molar-refractivity contribution in [2.24, 2.45) is 5.16 Å². The summed E-state index contributed by atoms with van der Waals surface area (Å²) in [6.07, 6.45) is 1.40. The van der Waals surface area contributed by atoms with Crippen molar-refractivity contribution in [3.63, 3.8) is 0 Å². The first-order valence-corrected chi connectivity index (χ1v) is 8.81. The van der Waals surface area contributed by atoms with Crippen molar-refractivity contribution in [1.82, 2.24) is 0 Å². The van der Waals surface area contributed by atoms with Crippen LogP contribution in [-0.2, 0) is 19.2 Å². The van der Waals surface area contributed by atoms with Crippen LogP contribution < -0.4 is 10.1 Å². The first kappa shape index (κ1) is 22.3. The van der Waals surface area contributed by atoms with Gasteiger partial charge in [-0.1, -0.05) is 11.2 Å². The van der Waals surface area contributed by atoms with Gasteiger partial charge < -0.3 is 19.6 Å². The van der Waals surface area contributed by atoms with Gasteiger partial charge in [0.1, 0.15) is 11.4 Å². The van der Waals surface area contributed by atoms with Gasteiger partial charge in [0.2, 0.25) is 6.61 Å². The minimum atomic E-state index is -0.813. The number of carbonyl (C=O) groups excluding carboxylic acids is 2. The summed E-state index contributed by atoms with van der Waals surface area (Å²) in [6, 6.07) is 9.89. The van der Waals surface area contributed by atoms with E-state index in [1.165, 1.54) is 12.3 Å². The maximum Gasteiger partial charge on any atom is 0.347 e. The Kier molecular flexibility index (Phi) is 7.86. The highest BCUT2D eigenvalue weighted by Crippen LogP contribution is 2.30. The van der Waals surface area contributed by atoms with E-state index in [2.05, 4.69) is 10.5 Å². The maximum atomic E-state index is 12.0. The molecule has 0 aliphatic carbocycles. The van der Waals surface area contributed by atoms with E-state index in [0.29, 0.717) is 11.3 Å². The molecule has 30 heavy (non-hydrogen) atoms. The van der Waals surface area contributed by atoms with Crippen LogP contribution >= 0.6 is 0 Å². The Hall–Kier alpha value is -3.95. The number of oxime groups is 1. The van der Waals surface area contributed by atoms with Gasteiger partial charge in [-0.05, 0) is 54.8 Å². The number of methoxy groups -OCH3 is 1. The number of nitrogens with one attached hydrogen (secondary N) is 1. The lowest BCUT2D eigenvalue weighted by Crippen LogP contribution is -2.23. The third-order valence-corrected chi connectivity index (χ3v) is 4.11. The van der Waals surface area contributed by atoms with E-state index in [0.717, 1.165) is 11.1 Å². The van der Waals surface area contributed by atoms with E-state index in [4.69, 9.17) is 14.3 Å². The van der Waals surface area contributed by atoms with Crippen LogP contribution in [0.3, 0.4) is 0 Å². The van der Waals surface area contributed by atoms with E-state index in [1.807, 2.05) is 0 Å². The van der Waals surface area contributed by atoms with Crippen LogP contribution in [0.2, 0.25) is 0 Å². The number of ether oxygens (including phenoxy) is 2. The van der Waals surface area contributed by atoms with Crippen molar-refractivity contribution in [1.29, 1.82) is 0 Å². The lowest BCUT2D eigenvalue weighted by Gasteiger charge is -2.11. The van der Waals surface area contributed by atoms with Crippen LogP contribution in [0.25, 0.3) is 0 Å². The number of benzene rings is 2. The van der Waals surface area contributed by atoms with Crippen molar-refractivity contribution in [3.8, 4) is 5.75 Å². The third kappa shape index (κ3) is 6.30. The zero-order valence-corrected chi connectivity index (χ0v) is 16.7. The molecule has 1 N–H and O–H groups in total. The van der Waals surface area contributed by atoms with Crippen molar-refractivity contribution in [2.45, 2.75) is 13.8 Å². The molecule has 0 radical (unpaired) electrons. The molecule has 0 saturated heterocycles. The molecule has 0 saturated carbocycles. The number of amides is 1. The van der Waals surface area contributed by atoms with Crippen molar-refractivity contribution in [2.75, 3.05) is 25.6 Å². The summed E-state index contributed by atoms with van der Waals surface area (Å²) in [5.74, 6) is -0.824. The van der Waals surface area contributed by atoms with E-state index < -0.39 is 30.0 Å². The highest BCUT2D eigenvalue weighted by Gasteiger charge is 2.20. The normalized spacial score (nSPS) is 10.5. The topological polar surface area (TPSA) is 129 Å². The molecule has 158 valence electrons. The number of hydrogen-bond donors (Lipinski definition) is 1. The minimum absolute atomic E-state index is 0.0707. The summed E-state index contributed by atoms with van der Waals surface area (Å²) in [5.41, 5.74) is 1.89. The molecule has 1 amide bonds. The minimum Gasteiger partial charge on any atom is -0.497 e. The predicted molar refractivity (Wildman–Crippen MR) is 109 cm³/mol. The molecule has 0 aliphatic rings. The Morgan fingerprint density at radius 1 is 1.13 bits per heavy atom. The number of nitro benzene ring substituents is 1. The van der Waals surface area contributed by atoms with E-state index in [1.54, 1.807) is 51.3 Å². The lowest BCUT2D eigenvalue weighted by molar-refractivity contribution is -0.384. The zero-order chi connectivity index (χ0) is 22.1. The molecule has 0 aromatic heterocycles. The van der Waals surface area contributed by atoms with Crippen molar-refractivity contribution < 1.29 is 28.8 Å². The quantitative estimate of drug-likeness (QED) is 0.288. The summed E-state index contributed by atoms with van der Waals surface area (Å²) in [5, 5.41) is 17.2. The molecule has 10 heteroatoms. The van der Waals surface area contributed by atoms with Gasteiger partial charge in [-0.2, -0.15) is 0 Å². The molecule has 0 fully saturated rings. The second-order valence-electron chi connectivity index (χ2n) is 6.15. The lowest BCUT2D eigenvalue weighted by atomic mass is 10.1. The van der Waals surface area contributed by atoms with Crippen LogP contribution in [0.1, 0.15) is 16.7 Å². The number of rotatable bonds is 9. The van der Waals surface area contributed by atoms with Crippen LogP contribution in [0.4, 0.5) is 11.4 Å². The second-order valence-corrected chi connectivity index (χ2v) is 6.15. The Bertz CT molecular complexity index is 956. The first-order valence-electron chi connectivity index (χ1n) is 8.81. The fourth-order valence-electron chi connectivity index (χ4n) is 2.35. The first-order chi connectivity index (χ1) is 14.3. The number of carbonyl (C=O) groups is 2. The molecule has 0 spiro atoms. The Labute approximate surface area is 172 Å². The van der Waals surface area contributed by atoms with Gasteiger partial charge in [0, 0.05) is 6.07 Å². The number of aryl methyl sites for hydroxylation is 1. The molecule has 0 bridgehead atoms. The van der Waals surface area contributed by atoms with Gasteiger partial charge in [0.25, 0.3) is 11.6 Å². The molecule has 2 aromatic carbocycles. The third-order valence-electron chi connectivity index (χ3n) is 4.11. The van der Waals surface area contributed by atoms with Gasteiger partial charge in [-0.3, -0.25) is 14.9 Å². The van der Waals surface area contributed by atoms with E-state index in [9.17, 15) is 19.7 Å². The summed E-state index contributed by atoms with van der Waals surface area (Å²) < 4.78 is 9.83. The molecule has 2 aromatic rings. The Morgan fingerprint density at radius 2 is 1.83 bits per heavy atom. The maximum absolute atomic E-state index is 12.0. The molecule has 0 aliphatic heterocycles. The fraction of sp³-hybridized carbons (Fsp3) is 0.250. The number of nitrogens with zero attached hydrogens (tertiary/aromatic N) is 2. The highest BCUT2D eigenvalue weighted by molar-refractivity contribution is 5.96. The van der Waals surface area contributed by atoms with Crippen LogP contribution in [0, 0.1) is 24.0 Å². The zero-order valence-electron chi connectivity index (χ0n) is 16.7. The Morgan fingerprint density at radius 3 is 2.47 bits per heavy atom. The van der Waals surface area contributed by atoms with Crippen molar-refractivity contribution in [3.05, 3.63) is 63.2 Å². The smallest absolute Gasteiger partial charge is 0.347 e. The average molecular weight is 415 g/mol. The van der Waals surface area contributed by atoms with Gasteiger partial charge in [-0.15, -0.1) is 0 Å². The fourth-order valence-corrected chi connectivity index (χ4v) is 2.35. The Balaban J connectivity index is 1.81. The number of esters is 1. The molecule has 0 unspecified atom stereocenters. The van der Waals surface area contributed by atoms with Gasteiger partial charge in [0.15, 0.2) is 6.61 Å². The molecule has 2 rings (SSSR count). The summed E-state index contributed by atoms with van der Waals surface area (Å²) in [4.78, 5) is 39.1. The average Bonchev–Trinajstić information content (AvgIpc) is 2.73. The second kappa shape index (κ2) is 10.6. The van der Waals surface area contributed by atoms with Gasteiger partial charge in [0.05, 0.1) is 18.2 Å². The standard InChI is InChI=1S/C20H21N3O7/c1-13-4-9-17(23(26)27)20(14(13)2)22-18(24)11-29-19(25)12-30-21-10-15-5-7-16(28-3)8-6-15/h4-10H,11-12H2,1-3H3,(H,22,24)/b21-10-. The number of hydrogen-bond acceptors (Lipinski definition) is 8. The predicted octanol–water partition coefficient (Wildman–Crippen LogP) is 2.75. The molecular formula is C20H21N3O7. The largest absolute Gasteiger partial charge is 0.497 e.